The van der Waals surface area contributed by atoms with E-state index in [4.69, 9.17) is 9.15 Å². The number of hydrogen-bond acceptors (Lipinski definition) is 6. The number of benzene rings is 1. The maximum atomic E-state index is 13.2. The van der Waals surface area contributed by atoms with Gasteiger partial charge in [-0.05, 0) is 52.0 Å². The van der Waals surface area contributed by atoms with Crippen LogP contribution in [0.15, 0.2) is 58.3 Å². The molecule has 0 amide bonds. The van der Waals surface area contributed by atoms with Gasteiger partial charge in [-0.3, -0.25) is 9.36 Å². The lowest BCUT2D eigenvalue weighted by molar-refractivity contribution is 0.102. The van der Waals surface area contributed by atoms with Gasteiger partial charge in [0.25, 0.3) is 0 Å². The quantitative estimate of drug-likeness (QED) is 0.243. The molecule has 3 heterocycles. The Hall–Kier alpha value is -3.10. The molecule has 1 aromatic carbocycles. The van der Waals surface area contributed by atoms with Crippen LogP contribution >= 0.6 is 11.8 Å². The summed E-state index contributed by atoms with van der Waals surface area (Å²) in [7, 11) is 1.69. The van der Waals surface area contributed by atoms with E-state index in [1.807, 2.05) is 67.8 Å². The fourth-order valence-corrected chi connectivity index (χ4v) is 5.06. The molecule has 0 bridgehead atoms. The third-order valence-corrected chi connectivity index (χ3v) is 6.64. The SMILES string of the molecule is COCC(C)n1c(C)cc(C(=O)CSc2nnc(-c3ccoc3C)n2-c2ccccc2)c1C. The lowest BCUT2D eigenvalue weighted by Crippen LogP contribution is -2.14. The molecule has 0 saturated heterocycles. The maximum absolute atomic E-state index is 13.2. The Morgan fingerprint density at radius 3 is 2.58 bits per heavy atom. The van der Waals surface area contributed by atoms with E-state index in [1.54, 1.807) is 13.4 Å². The number of furan rings is 1. The summed E-state index contributed by atoms with van der Waals surface area (Å²) in [6.45, 7) is 8.59. The van der Waals surface area contributed by atoms with Crippen molar-refractivity contribution in [1.29, 1.82) is 0 Å². The van der Waals surface area contributed by atoms with Gasteiger partial charge in [0, 0.05) is 29.7 Å². The number of methoxy groups -OCH3 is 1. The number of para-hydroxylation sites is 1. The van der Waals surface area contributed by atoms with Crippen molar-refractivity contribution >= 4 is 17.5 Å². The molecule has 4 aromatic rings. The highest BCUT2D eigenvalue weighted by molar-refractivity contribution is 7.99. The van der Waals surface area contributed by atoms with Gasteiger partial charge in [0.05, 0.1) is 30.2 Å². The summed E-state index contributed by atoms with van der Waals surface area (Å²) in [5.74, 6) is 1.78. The van der Waals surface area contributed by atoms with E-state index in [0.29, 0.717) is 17.6 Å². The zero-order valence-electron chi connectivity index (χ0n) is 19.5. The average molecular weight is 465 g/mol. The molecule has 3 aromatic heterocycles. The van der Waals surface area contributed by atoms with E-state index < -0.39 is 0 Å². The highest BCUT2D eigenvalue weighted by Gasteiger charge is 2.22. The molecule has 7 nitrogen and oxygen atoms in total. The highest BCUT2D eigenvalue weighted by Crippen LogP contribution is 2.31. The van der Waals surface area contributed by atoms with Gasteiger partial charge in [-0.15, -0.1) is 10.2 Å². The summed E-state index contributed by atoms with van der Waals surface area (Å²) >= 11 is 1.39. The van der Waals surface area contributed by atoms with E-state index in [9.17, 15) is 4.79 Å². The number of ketones is 1. The number of ether oxygens (including phenoxy) is 1. The van der Waals surface area contributed by atoms with E-state index in [1.165, 1.54) is 11.8 Å². The lowest BCUT2D eigenvalue weighted by Gasteiger charge is -2.17. The topological polar surface area (TPSA) is 75.1 Å². The minimum Gasteiger partial charge on any atom is -0.469 e. The van der Waals surface area contributed by atoms with Crippen molar-refractivity contribution in [1.82, 2.24) is 19.3 Å². The van der Waals surface area contributed by atoms with Crippen LogP contribution in [0.2, 0.25) is 0 Å². The van der Waals surface area contributed by atoms with Gasteiger partial charge in [0.1, 0.15) is 5.76 Å². The molecule has 0 fully saturated rings. The first-order valence-corrected chi connectivity index (χ1v) is 11.8. The van der Waals surface area contributed by atoms with Gasteiger partial charge in [0.15, 0.2) is 16.8 Å². The summed E-state index contributed by atoms with van der Waals surface area (Å²) < 4.78 is 14.9. The summed E-state index contributed by atoms with van der Waals surface area (Å²) in [6.07, 6.45) is 1.64. The lowest BCUT2D eigenvalue weighted by atomic mass is 10.2. The Kier molecular flexibility index (Phi) is 6.85. The molecular formula is C25H28N4O3S. The minimum absolute atomic E-state index is 0.0626. The number of Topliss-reactive ketones (excluding diaryl/α,β-unsaturated/α-hetero) is 1. The zero-order valence-corrected chi connectivity index (χ0v) is 20.3. The second-order valence-corrected chi connectivity index (χ2v) is 8.98. The van der Waals surface area contributed by atoms with Gasteiger partial charge in [-0.25, -0.2) is 0 Å². The molecule has 0 aliphatic heterocycles. The molecular weight excluding hydrogens is 436 g/mol. The van der Waals surface area contributed by atoms with E-state index in [2.05, 4.69) is 21.7 Å². The number of thioether (sulfide) groups is 1. The number of carbonyl (C=O) groups is 1. The van der Waals surface area contributed by atoms with Crippen LogP contribution in [-0.2, 0) is 4.74 Å². The average Bonchev–Trinajstić information content (AvgIpc) is 3.49. The standard InChI is InChI=1S/C25H28N4O3S/c1-16-13-22(18(3)28(16)17(2)14-31-5)23(30)15-33-25-27-26-24(21-11-12-32-19(21)4)29(25)20-9-7-6-8-10-20/h6-13,17H,14-15H2,1-5H3. The molecule has 0 aliphatic rings. The highest BCUT2D eigenvalue weighted by atomic mass is 32.2. The molecule has 172 valence electrons. The Labute approximate surface area is 197 Å². The first kappa shape index (κ1) is 23.1. The van der Waals surface area contributed by atoms with Gasteiger partial charge in [-0.2, -0.15) is 0 Å². The molecule has 8 heteroatoms. The monoisotopic (exact) mass is 464 g/mol. The Morgan fingerprint density at radius 2 is 1.91 bits per heavy atom. The molecule has 4 rings (SSSR count). The van der Waals surface area contributed by atoms with Crippen LogP contribution in [0.4, 0.5) is 0 Å². The summed E-state index contributed by atoms with van der Waals surface area (Å²) in [5, 5.41) is 9.50. The fraction of sp³-hybridized carbons (Fsp3) is 0.320. The minimum atomic E-state index is 0.0626. The van der Waals surface area contributed by atoms with E-state index >= 15 is 0 Å². The van der Waals surface area contributed by atoms with Crippen molar-refractivity contribution in [3.8, 4) is 17.1 Å². The van der Waals surface area contributed by atoms with Crippen LogP contribution in [0, 0.1) is 20.8 Å². The number of aromatic nitrogens is 4. The number of carbonyl (C=O) groups excluding carboxylic acids is 1. The number of hydrogen-bond donors (Lipinski definition) is 0. The maximum Gasteiger partial charge on any atom is 0.196 e. The second-order valence-electron chi connectivity index (χ2n) is 8.04. The number of aryl methyl sites for hydroxylation is 2. The first-order chi connectivity index (χ1) is 15.9. The first-order valence-electron chi connectivity index (χ1n) is 10.8. The van der Waals surface area contributed by atoms with Crippen LogP contribution in [0.1, 0.15) is 40.5 Å². The Bertz CT molecular complexity index is 1260. The predicted molar refractivity (Wildman–Crippen MR) is 129 cm³/mol. The third kappa shape index (κ3) is 4.54. The molecule has 0 radical (unpaired) electrons. The molecule has 33 heavy (non-hydrogen) atoms. The van der Waals surface area contributed by atoms with Crippen LogP contribution in [0.3, 0.4) is 0 Å². The summed E-state index contributed by atoms with van der Waals surface area (Å²) in [4.78, 5) is 13.2. The molecule has 0 N–H and O–H groups in total. The van der Waals surface area contributed by atoms with Crippen molar-refractivity contribution in [2.75, 3.05) is 19.5 Å². The van der Waals surface area contributed by atoms with Crippen LogP contribution < -0.4 is 0 Å². The number of nitrogens with zero attached hydrogens (tertiary/aromatic N) is 4. The van der Waals surface area contributed by atoms with Crippen molar-refractivity contribution in [2.45, 2.75) is 38.9 Å². The largest absolute Gasteiger partial charge is 0.469 e. The van der Waals surface area contributed by atoms with Crippen molar-refractivity contribution in [3.05, 3.63) is 71.4 Å². The van der Waals surface area contributed by atoms with Gasteiger partial charge >= 0.3 is 0 Å². The Balaban J connectivity index is 1.62. The van der Waals surface area contributed by atoms with E-state index in [0.717, 1.165) is 34.0 Å². The predicted octanol–water partition coefficient (Wildman–Crippen LogP) is 5.44. The normalized spacial score (nSPS) is 12.3. The fourth-order valence-electron chi connectivity index (χ4n) is 4.23. The third-order valence-electron chi connectivity index (χ3n) is 5.71. The van der Waals surface area contributed by atoms with Crippen molar-refractivity contribution in [3.63, 3.8) is 0 Å². The van der Waals surface area contributed by atoms with Crippen molar-refractivity contribution < 1.29 is 13.9 Å². The van der Waals surface area contributed by atoms with Gasteiger partial charge in [-0.1, -0.05) is 30.0 Å². The molecule has 1 unspecified atom stereocenters. The van der Waals surface area contributed by atoms with E-state index in [-0.39, 0.29) is 17.6 Å². The van der Waals surface area contributed by atoms with Gasteiger partial charge in [0.2, 0.25) is 0 Å². The van der Waals surface area contributed by atoms with Gasteiger partial charge < -0.3 is 13.7 Å². The molecule has 0 spiro atoms. The summed E-state index contributed by atoms with van der Waals surface area (Å²) in [5.41, 5.74) is 4.55. The molecule has 0 saturated carbocycles. The smallest absolute Gasteiger partial charge is 0.196 e. The van der Waals surface area contributed by atoms with Crippen LogP contribution in [0.25, 0.3) is 17.1 Å². The molecule has 1 atom stereocenters. The second kappa shape index (κ2) is 9.80. The Morgan fingerprint density at radius 1 is 1.15 bits per heavy atom. The zero-order chi connectivity index (χ0) is 23.5. The van der Waals surface area contributed by atoms with Crippen LogP contribution in [0.5, 0.6) is 0 Å². The summed E-state index contributed by atoms with van der Waals surface area (Å²) in [6, 6.07) is 13.9. The molecule has 0 aliphatic carbocycles. The van der Waals surface area contributed by atoms with Crippen LogP contribution in [-0.4, -0.2) is 44.6 Å². The number of rotatable bonds is 9. The van der Waals surface area contributed by atoms with Crippen molar-refractivity contribution in [2.24, 2.45) is 0 Å².